The van der Waals surface area contributed by atoms with E-state index in [-0.39, 0.29) is 18.1 Å². The lowest BCUT2D eigenvalue weighted by Crippen LogP contribution is -2.41. The summed E-state index contributed by atoms with van der Waals surface area (Å²) in [5, 5.41) is 14.9. The number of nitrogens with one attached hydrogen (secondary N) is 2. The zero-order chi connectivity index (χ0) is 14.4. The van der Waals surface area contributed by atoms with E-state index in [2.05, 4.69) is 22.5 Å². The van der Waals surface area contributed by atoms with Gasteiger partial charge in [-0.25, -0.2) is 4.79 Å². The van der Waals surface area contributed by atoms with Crippen LogP contribution in [0, 0.1) is 11.3 Å². The number of nitrogens with zero attached hydrogens (tertiary/aromatic N) is 1. The van der Waals surface area contributed by atoms with Crippen LogP contribution in [0.15, 0.2) is 0 Å². The first kappa shape index (κ1) is 15.6. The average Bonchev–Trinajstić information content (AvgIpc) is 3.24. The monoisotopic (exact) mass is 283 g/mol. The summed E-state index contributed by atoms with van der Waals surface area (Å²) in [6.07, 6.45) is 5.66. The summed E-state index contributed by atoms with van der Waals surface area (Å²) in [7, 11) is 0. The molecule has 5 nitrogen and oxygen atoms in total. The van der Waals surface area contributed by atoms with Crippen molar-refractivity contribution in [3.63, 3.8) is 0 Å². The van der Waals surface area contributed by atoms with Crippen LogP contribution in [0.2, 0.25) is 0 Å². The molecule has 0 unspecified atom stereocenters. The van der Waals surface area contributed by atoms with Crippen molar-refractivity contribution in [3.8, 4) is 0 Å². The summed E-state index contributed by atoms with van der Waals surface area (Å²) >= 11 is 0. The van der Waals surface area contributed by atoms with Gasteiger partial charge in [0, 0.05) is 18.5 Å². The Hall–Kier alpha value is -0.810. The molecule has 2 amide bonds. The van der Waals surface area contributed by atoms with Crippen molar-refractivity contribution in [3.05, 3.63) is 0 Å². The van der Waals surface area contributed by atoms with Crippen LogP contribution in [0.25, 0.3) is 0 Å². The predicted molar refractivity (Wildman–Crippen MR) is 79.6 cm³/mol. The van der Waals surface area contributed by atoms with Gasteiger partial charge in [0.05, 0.1) is 6.61 Å². The lowest BCUT2D eigenvalue weighted by Gasteiger charge is -2.30. The van der Waals surface area contributed by atoms with Crippen molar-refractivity contribution in [2.45, 2.75) is 39.0 Å². The van der Waals surface area contributed by atoms with Gasteiger partial charge in [-0.05, 0) is 57.7 Å². The maximum absolute atomic E-state index is 11.6. The number of carbonyl (C=O) groups excluding carboxylic acids is 1. The number of amides is 2. The normalized spacial score (nSPS) is 22.5. The topological polar surface area (TPSA) is 64.6 Å². The summed E-state index contributed by atoms with van der Waals surface area (Å²) in [5.74, 6) is 0.872. The molecule has 0 aromatic heterocycles. The van der Waals surface area contributed by atoms with Gasteiger partial charge in [-0.3, -0.25) is 0 Å². The molecule has 1 aliphatic carbocycles. The fourth-order valence-corrected chi connectivity index (χ4v) is 2.69. The first-order valence-electron chi connectivity index (χ1n) is 7.98. The number of hydrogen-bond acceptors (Lipinski definition) is 3. The summed E-state index contributed by atoms with van der Waals surface area (Å²) < 4.78 is 0. The Kier molecular flexibility index (Phi) is 5.66. The molecule has 1 saturated carbocycles. The van der Waals surface area contributed by atoms with Crippen LogP contribution in [0.4, 0.5) is 4.79 Å². The molecular formula is C15H29N3O2. The Labute approximate surface area is 122 Å². The molecule has 116 valence electrons. The van der Waals surface area contributed by atoms with E-state index < -0.39 is 0 Å². The van der Waals surface area contributed by atoms with Gasteiger partial charge < -0.3 is 20.6 Å². The predicted octanol–water partition coefficient (Wildman–Crippen LogP) is 1.18. The van der Waals surface area contributed by atoms with Crippen LogP contribution >= 0.6 is 0 Å². The molecule has 1 saturated heterocycles. The first-order valence-corrected chi connectivity index (χ1v) is 7.98. The van der Waals surface area contributed by atoms with Crippen LogP contribution < -0.4 is 10.6 Å². The summed E-state index contributed by atoms with van der Waals surface area (Å²) in [4.78, 5) is 14.1. The number of likely N-dealkylation sites (tertiary alicyclic amines) is 1. The van der Waals surface area contributed by atoms with Crippen molar-refractivity contribution in [1.82, 2.24) is 15.5 Å². The molecule has 0 radical (unpaired) electrons. The van der Waals surface area contributed by atoms with Gasteiger partial charge in [0.1, 0.15) is 0 Å². The average molecular weight is 283 g/mol. The highest BCUT2D eigenvalue weighted by atomic mass is 16.3. The van der Waals surface area contributed by atoms with Crippen molar-refractivity contribution in [2.75, 3.05) is 39.3 Å². The zero-order valence-corrected chi connectivity index (χ0v) is 12.7. The van der Waals surface area contributed by atoms with Crippen LogP contribution in [0.5, 0.6) is 0 Å². The molecule has 5 heteroatoms. The van der Waals surface area contributed by atoms with E-state index in [4.69, 9.17) is 5.11 Å². The Bertz CT molecular complexity index is 310. The molecule has 1 aliphatic heterocycles. The highest BCUT2D eigenvalue weighted by Gasteiger charge is 2.42. The Morgan fingerprint density at radius 2 is 2.00 bits per heavy atom. The molecule has 0 bridgehead atoms. The van der Waals surface area contributed by atoms with Gasteiger partial charge in [-0.2, -0.15) is 0 Å². The fraction of sp³-hybridized carbons (Fsp3) is 0.933. The smallest absolute Gasteiger partial charge is 0.314 e. The molecule has 0 spiro atoms. The zero-order valence-electron chi connectivity index (χ0n) is 12.7. The van der Waals surface area contributed by atoms with Gasteiger partial charge >= 0.3 is 6.03 Å². The number of hydrogen-bond donors (Lipinski definition) is 3. The van der Waals surface area contributed by atoms with Crippen LogP contribution in [0.1, 0.15) is 39.0 Å². The summed E-state index contributed by atoms with van der Waals surface area (Å²) in [5.41, 5.74) is -0.0121. The highest BCUT2D eigenvalue weighted by Crippen LogP contribution is 2.44. The minimum Gasteiger partial charge on any atom is -0.396 e. The number of piperidine rings is 1. The molecule has 2 fully saturated rings. The number of rotatable bonds is 7. The maximum Gasteiger partial charge on any atom is 0.314 e. The van der Waals surface area contributed by atoms with Gasteiger partial charge in [-0.1, -0.05) is 6.92 Å². The maximum atomic E-state index is 11.6. The van der Waals surface area contributed by atoms with Gasteiger partial charge in [-0.15, -0.1) is 0 Å². The van der Waals surface area contributed by atoms with E-state index in [0.717, 1.165) is 38.3 Å². The van der Waals surface area contributed by atoms with E-state index in [9.17, 15) is 4.79 Å². The molecule has 1 heterocycles. The summed E-state index contributed by atoms with van der Waals surface area (Å²) in [6, 6.07) is -0.100. The van der Waals surface area contributed by atoms with Crippen molar-refractivity contribution in [2.24, 2.45) is 11.3 Å². The van der Waals surface area contributed by atoms with Gasteiger partial charge in [0.15, 0.2) is 0 Å². The van der Waals surface area contributed by atoms with Crippen LogP contribution in [-0.4, -0.2) is 55.4 Å². The van der Waals surface area contributed by atoms with Crippen LogP contribution in [0.3, 0.4) is 0 Å². The fourth-order valence-electron chi connectivity index (χ4n) is 2.69. The van der Waals surface area contributed by atoms with Crippen LogP contribution in [-0.2, 0) is 0 Å². The van der Waals surface area contributed by atoms with Crippen molar-refractivity contribution >= 4 is 6.03 Å². The Morgan fingerprint density at radius 3 is 2.60 bits per heavy atom. The SMILES string of the molecule is CC1CCN(CCCNC(=O)NCC2(CO)CC2)CC1. The minimum atomic E-state index is -0.100. The lowest BCUT2D eigenvalue weighted by molar-refractivity contribution is 0.189. The van der Waals surface area contributed by atoms with Crippen molar-refractivity contribution in [1.29, 1.82) is 0 Å². The molecule has 0 atom stereocenters. The third-order valence-electron chi connectivity index (χ3n) is 4.73. The second-order valence-corrected chi connectivity index (χ2v) is 6.65. The largest absolute Gasteiger partial charge is 0.396 e. The third kappa shape index (κ3) is 4.94. The molecular weight excluding hydrogens is 254 g/mol. The van der Waals surface area contributed by atoms with E-state index in [1.54, 1.807) is 0 Å². The van der Waals surface area contributed by atoms with Crippen molar-refractivity contribution < 1.29 is 9.90 Å². The Balaban J connectivity index is 1.47. The standard InChI is InChI=1S/C15H29N3O2/c1-13-3-9-18(10-4-13)8-2-7-16-14(20)17-11-15(12-19)5-6-15/h13,19H,2-12H2,1H3,(H2,16,17,20). The van der Waals surface area contributed by atoms with E-state index in [1.165, 1.54) is 25.9 Å². The minimum absolute atomic E-state index is 0.0121. The van der Waals surface area contributed by atoms with E-state index in [0.29, 0.717) is 6.54 Å². The first-order chi connectivity index (χ1) is 9.63. The molecule has 2 rings (SSSR count). The second-order valence-electron chi connectivity index (χ2n) is 6.65. The molecule has 0 aromatic carbocycles. The quantitative estimate of drug-likeness (QED) is 0.615. The number of carbonyl (C=O) groups is 1. The van der Waals surface area contributed by atoms with E-state index in [1.807, 2.05) is 0 Å². The van der Waals surface area contributed by atoms with E-state index >= 15 is 0 Å². The molecule has 20 heavy (non-hydrogen) atoms. The lowest BCUT2D eigenvalue weighted by atomic mass is 9.99. The summed E-state index contributed by atoms with van der Waals surface area (Å²) in [6.45, 7) is 7.30. The molecule has 2 aliphatic rings. The Morgan fingerprint density at radius 1 is 1.30 bits per heavy atom. The van der Waals surface area contributed by atoms with Gasteiger partial charge in [0.2, 0.25) is 0 Å². The number of aliphatic hydroxyl groups is 1. The highest BCUT2D eigenvalue weighted by molar-refractivity contribution is 5.73. The molecule has 3 N–H and O–H groups in total. The number of aliphatic hydroxyl groups excluding tert-OH is 1. The molecule has 0 aromatic rings. The third-order valence-corrected chi connectivity index (χ3v) is 4.73. The second kappa shape index (κ2) is 7.27. The van der Waals surface area contributed by atoms with Gasteiger partial charge in [0.25, 0.3) is 0 Å². The number of urea groups is 1.